The van der Waals surface area contributed by atoms with E-state index in [2.05, 4.69) is 0 Å². The molecule has 0 aromatic carbocycles. The lowest BCUT2D eigenvalue weighted by Gasteiger charge is -2.10. The summed E-state index contributed by atoms with van der Waals surface area (Å²) in [6, 6.07) is 0. The van der Waals surface area contributed by atoms with Crippen molar-refractivity contribution in [1.29, 1.82) is 0 Å². The summed E-state index contributed by atoms with van der Waals surface area (Å²) in [5.41, 5.74) is -1.45. The van der Waals surface area contributed by atoms with Crippen LogP contribution in [0.3, 0.4) is 0 Å². The Morgan fingerprint density at radius 1 is 1.21 bits per heavy atom. The van der Waals surface area contributed by atoms with Crippen molar-refractivity contribution in [2.45, 2.75) is 38.8 Å². The van der Waals surface area contributed by atoms with E-state index in [1.807, 2.05) is 0 Å². The van der Waals surface area contributed by atoms with E-state index in [4.69, 9.17) is 0 Å². The summed E-state index contributed by atoms with van der Waals surface area (Å²) < 4.78 is 71.6. The average Bonchev–Trinajstić information content (AvgIpc) is 2.02. The van der Waals surface area contributed by atoms with Crippen LogP contribution in [0.5, 0.6) is 0 Å². The van der Waals surface area contributed by atoms with E-state index < -0.39 is 30.4 Å². The van der Waals surface area contributed by atoms with Gasteiger partial charge >= 0.3 is 6.18 Å². The minimum Gasteiger partial charge on any atom is -0.205 e. The molecule has 0 saturated carbocycles. The van der Waals surface area contributed by atoms with E-state index in [0.29, 0.717) is 6.42 Å². The van der Waals surface area contributed by atoms with E-state index in [1.54, 1.807) is 6.92 Å². The average molecular weight is 220 g/mol. The quantitative estimate of drug-likeness (QED) is 0.622. The van der Waals surface area contributed by atoms with Gasteiger partial charge in [-0.2, -0.15) is 13.2 Å². The van der Waals surface area contributed by atoms with Gasteiger partial charge in [0.1, 0.15) is 0 Å². The monoisotopic (exact) mass is 220 g/mol. The van der Waals surface area contributed by atoms with Crippen LogP contribution in [0.25, 0.3) is 0 Å². The number of unbranched alkanes of at least 4 members (excludes halogenated alkanes) is 1. The van der Waals surface area contributed by atoms with Crippen molar-refractivity contribution in [3.63, 3.8) is 0 Å². The lowest BCUT2D eigenvalue weighted by molar-refractivity contribution is -0.111. The zero-order chi connectivity index (χ0) is 11.4. The van der Waals surface area contributed by atoms with E-state index in [9.17, 15) is 26.3 Å². The molecule has 0 aromatic heterocycles. The van der Waals surface area contributed by atoms with Gasteiger partial charge in [-0.1, -0.05) is 13.3 Å². The van der Waals surface area contributed by atoms with Gasteiger partial charge in [-0.15, -0.1) is 0 Å². The molecule has 0 unspecified atom stereocenters. The molecule has 0 amide bonds. The Morgan fingerprint density at radius 2 is 1.71 bits per heavy atom. The Morgan fingerprint density at radius 3 is 2.00 bits per heavy atom. The maximum Gasteiger partial charge on any atom is 0.443 e. The van der Waals surface area contributed by atoms with Gasteiger partial charge in [-0.05, 0) is 12.8 Å². The van der Waals surface area contributed by atoms with Crippen LogP contribution < -0.4 is 0 Å². The zero-order valence-corrected chi connectivity index (χ0v) is 7.47. The minimum atomic E-state index is -5.31. The SMILES string of the molecule is CCCCC(=C(F)C(F)(F)F)C(F)F. The molecular weight excluding hydrogens is 210 g/mol. The topological polar surface area (TPSA) is 0 Å². The first-order valence-electron chi connectivity index (χ1n) is 4.04. The molecule has 0 aliphatic carbocycles. The van der Waals surface area contributed by atoms with Gasteiger partial charge in [-0.25, -0.2) is 13.2 Å². The fraction of sp³-hybridized carbons (Fsp3) is 0.750. The maximum atomic E-state index is 12.4. The van der Waals surface area contributed by atoms with Crippen LogP contribution in [0, 0.1) is 0 Å². The summed E-state index contributed by atoms with van der Waals surface area (Å²) in [6.07, 6.45) is -8.70. The molecule has 0 atom stereocenters. The standard InChI is InChI=1S/C8H10F6/c1-2-3-4-5(7(10)11)6(9)8(12,13)14/h7H,2-4H2,1H3. The van der Waals surface area contributed by atoms with Crippen molar-refractivity contribution >= 4 is 0 Å². The van der Waals surface area contributed by atoms with E-state index in [0.717, 1.165) is 0 Å². The maximum absolute atomic E-state index is 12.4. The van der Waals surface area contributed by atoms with Crippen LogP contribution in [0.1, 0.15) is 26.2 Å². The predicted molar refractivity (Wildman–Crippen MR) is 39.7 cm³/mol. The molecule has 0 heterocycles. The van der Waals surface area contributed by atoms with Crippen LogP contribution in [-0.2, 0) is 0 Å². The number of hydrogen-bond donors (Lipinski definition) is 0. The Balaban J connectivity index is 4.77. The number of rotatable bonds is 4. The van der Waals surface area contributed by atoms with Crippen molar-refractivity contribution in [1.82, 2.24) is 0 Å². The van der Waals surface area contributed by atoms with Crippen molar-refractivity contribution in [3.8, 4) is 0 Å². The molecule has 6 heteroatoms. The first kappa shape index (κ1) is 13.3. The third kappa shape index (κ3) is 4.02. The Kier molecular flexibility index (Phi) is 5.01. The Hall–Kier alpha value is -0.680. The van der Waals surface area contributed by atoms with E-state index >= 15 is 0 Å². The molecule has 0 aliphatic heterocycles. The molecule has 0 aromatic rings. The highest BCUT2D eigenvalue weighted by Gasteiger charge is 2.39. The highest BCUT2D eigenvalue weighted by atomic mass is 19.4. The number of hydrogen-bond acceptors (Lipinski definition) is 0. The van der Waals surface area contributed by atoms with Crippen LogP contribution in [0.2, 0.25) is 0 Å². The molecule has 0 spiro atoms. The molecule has 0 bridgehead atoms. The van der Waals surface area contributed by atoms with Crippen LogP contribution >= 0.6 is 0 Å². The second kappa shape index (κ2) is 5.26. The normalized spacial score (nSPS) is 14.6. The molecule has 0 N–H and O–H groups in total. The summed E-state index contributed by atoms with van der Waals surface area (Å²) in [4.78, 5) is 0. The lowest BCUT2D eigenvalue weighted by Crippen LogP contribution is -2.14. The first-order chi connectivity index (χ1) is 6.30. The molecule has 14 heavy (non-hydrogen) atoms. The zero-order valence-electron chi connectivity index (χ0n) is 7.47. The van der Waals surface area contributed by atoms with Crippen LogP contribution in [0.4, 0.5) is 26.3 Å². The summed E-state index contributed by atoms with van der Waals surface area (Å²) in [5, 5.41) is 0. The fourth-order valence-corrected chi connectivity index (χ4v) is 0.864. The summed E-state index contributed by atoms with van der Waals surface area (Å²) in [5.74, 6) is -2.65. The number of allylic oxidation sites excluding steroid dienone is 2. The predicted octanol–water partition coefficient (Wildman–Crippen LogP) is 4.23. The molecule has 0 radical (unpaired) electrons. The third-order valence-corrected chi connectivity index (χ3v) is 1.59. The molecule has 0 rings (SSSR count). The van der Waals surface area contributed by atoms with Gasteiger partial charge in [-0.3, -0.25) is 0 Å². The third-order valence-electron chi connectivity index (χ3n) is 1.59. The van der Waals surface area contributed by atoms with Gasteiger partial charge in [0, 0.05) is 5.57 Å². The van der Waals surface area contributed by atoms with Crippen LogP contribution in [0.15, 0.2) is 11.4 Å². The minimum absolute atomic E-state index is 0.114. The van der Waals surface area contributed by atoms with E-state index in [1.165, 1.54) is 0 Å². The summed E-state index contributed by atoms with van der Waals surface area (Å²) in [7, 11) is 0. The molecular formula is C8H10F6. The number of halogens is 6. The first-order valence-corrected chi connectivity index (χ1v) is 4.04. The lowest BCUT2D eigenvalue weighted by atomic mass is 10.1. The fourth-order valence-electron chi connectivity index (χ4n) is 0.864. The van der Waals surface area contributed by atoms with E-state index in [-0.39, 0.29) is 6.42 Å². The second-order valence-electron chi connectivity index (χ2n) is 2.74. The van der Waals surface area contributed by atoms with Crippen molar-refractivity contribution < 1.29 is 26.3 Å². The second-order valence-corrected chi connectivity index (χ2v) is 2.74. The van der Waals surface area contributed by atoms with Gasteiger partial charge in [0.15, 0.2) is 0 Å². The van der Waals surface area contributed by atoms with Gasteiger partial charge in [0.05, 0.1) is 0 Å². The van der Waals surface area contributed by atoms with Gasteiger partial charge < -0.3 is 0 Å². The summed E-state index contributed by atoms with van der Waals surface area (Å²) >= 11 is 0. The van der Waals surface area contributed by atoms with Gasteiger partial charge in [0.25, 0.3) is 6.43 Å². The van der Waals surface area contributed by atoms with Crippen LogP contribution in [-0.4, -0.2) is 12.6 Å². The summed E-state index contributed by atoms with van der Waals surface area (Å²) in [6.45, 7) is 1.62. The highest BCUT2D eigenvalue weighted by Crippen LogP contribution is 2.33. The smallest absolute Gasteiger partial charge is 0.205 e. The Bertz CT molecular complexity index is 202. The molecule has 0 aliphatic rings. The Labute approximate surface area is 77.6 Å². The molecule has 0 fully saturated rings. The molecule has 84 valence electrons. The van der Waals surface area contributed by atoms with Gasteiger partial charge in [0.2, 0.25) is 5.83 Å². The molecule has 0 nitrogen and oxygen atoms in total. The number of alkyl halides is 5. The van der Waals surface area contributed by atoms with Crippen molar-refractivity contribution in [2.24, 2.45) is 0 Å². The van der Waals surface area contributed by atoms with Crippen molar-refractivity contribution in [3.05, 3.63) is 11.4 Å². The highest BCUT2D eigenvalue weighted by molar-refractivity contribution is 5.14. The molecule has 0 saturated heterocycles. The van der Waals surface area contributed by atoms with Crippen molar-refractivity contribution in [2.75, 3.05) is 0 Å². The largest absolute Gasteiger partial charge is 0.443 e.